The maximum Gasteiger partial charge on any atom is 0.244 e. The predicted octanol–water partition coefficient (Wildman–Crippen LogP) is 0.151. The van der Waals surface area contributed by atoms with Crippen LogP contribution in [0.3, 0.4) is 0 Å². The molecule has 2 rings (SSSR count). The summed E-state index contributed by atoms with van der Waals surface area (Å²) in [6.07, 6.45) is 2.34. The molecule has 8 heteroatoms. The second-order valence-electron chi connectivity index (χ2n) is 3.68. The van der Waals surface area contributed by atoms with Crippen LogP contribution in [0.15, 0.2) is 23.2 Å². The summed E-state index contributed by atoms with van der Waals surface area (Å²) in [6, 6.07) is 3.04. The Kier molecular flexibility index (Phi) is 3.87. The van der Waals surface area contributed by atoms with Gasteiger partial charge in [0.1, 0.15) is 4.90 Å². The highest BCUT2D eigenvalue weighted by Crippen LogP contribution is 2.21. The van der Waals surface area contributed by atoms with Crippen LogP contribution in [-0.4, -0.2) is 30.9 Å². The number of hydrogen-bond donors (Lipinski definition) is 3. The van der Waals surface area contributed by atoms with Crippen molar-refractivity contribution in [2.75, 3.05) is 16.9 Å². The maximum absolute atomic E-state index is 12.1. The van der Waals surface area contributed by atoms with E-state index in [1.807, 2.05) is 0 Å². The van der Waals surface area contributed by atoms with Gasteiger partial charge in [-0.2, -0.15) is 11.8 Å². The smallest absolute Gasteiger partial charge is 0.244 e. The van der Waals surface area contributed by atoms with E-state index in [-0.39, 0.29) is 16.8 Å². The van der Waals surface area contributed by atoms with Gasteiger partial charge in [0, 0.05) is 18.0 Å². The number of thioether (sulfide) groups is 1. The molecule has 0 aliphatic carbocycles. The van der Waals surface area contributed by atoms with E-state index in [1.54, 1.807) is 17.8 Å². The van der Waals surface area contributed by atoms with Gasteiger partial charge in [-0.3, -0.25) is 0 Å². The predicted molar refractivity (Wildman–Crippen MR) is 68.1 cm³/mol. The van der Waals surface area contributed by atoms with E-state index < -0.39 is 10.0 Å². The topological polar surface area (TPSA) is 97.1 Å². The van der Waals surface area contributed by atoms with Gasteiger partial charge in [0.25, 0.3) is 0 Å². The van der Waals surface area contributed by atoms with Crippen molar-refractivity contribution < 1.29 is 8.42 Å². The number of hydrazine groups is 1. The lowest BCUT2D eigenvalue weighted by Crippen LogP contribution is -2.35. The van der Waals surface area contributed by atoms with Gasteiger partial charge in [0.15, 0.2) is 5.82 Å². The number of nitrogens with one attached hydrogen (secondary N) is 2. The highest BCUT2D eigenvalue weighted by Gasteiger charge is 2.25. The van der Waals surface area contributed by atoms with Crippen LogP contribution >= 0.6 is 11.8 Å². The first-order valence-corrected chi connectivity index (χ1v) is 7.79. The van der Waals surface area contributed by atoms with E-state index in [1.165, 1.54) is 12.3 Å². The van der Waals surface area contributed by atoms with Crippen molar-refractivity contribution in [1.29, 1.82) is 0 Å². The van der Waals surface area contributed by atoms with E-state index in [0.717, 1.165) is 17.9 Å². The molecule has 0 saturated carbocycles. The Bertz CT molecular complexity index is 486. The molecule has 0 aromatic carbocycles. The van der Waals surface area contributed by atoms with Crippen LogP contribution in [0.5, 0.6) is 0 Å². The number of pyridine rings is 1. The molecule has 17 heavy (non-hydrogen) atoms. The Balaban J connectivity index is 2.24. The molecule has 1 aliphatic heterocycles. The summed E-state index contributed by atoms with van der Waals surface area (Å²) < 4.78 is 26.9. The lowest BCUT2D eigenvalue weighted by atomic mass is 10.3. The maximum atomic E-state index is 12.1. The molecule has 0 spiro atoms. The average Bonchev–Trinajstić information content (AvgIpc) is 2.81. The number of aromatic nitrogens is 1. The van der Waals surface area contributed by atoms with Gasteiger partial charge >= 0.3 is 0 Å². The van der Waals surface area contributed by atoms with Crippen molar-refractivity contribution in [1.82, 2.24) is 9.71 Å². The second-order valence-corrected chi connectivity index (χ2v) is 6.51. The number of anilines is 1. The highest BCUT2D eigenvalue weighted by atomic mass is 32.2. The van der Waals surface area contributed by atoms with Crippen LogP contribution in [0.4, 0.5) is 5.82 Å². The zero-order valence-corrected chi connectivity index (χ0v) is 10.7. The van der Waals surface area contributed by atoms with Gasteiger partial charge in [0.2, 0.25) is 10.0 Å². The molecule has 6 nitrogen and oxygen atoms in total. The molecule has 94 valence electrons. The number of nitrogens with zero attached hydrogens (tertiary/aromatic N) is 1. The molecule has 0 radical (unpaired) electrons. The third-order valence-corrected chi connectivity index (χ3v) is 5.16. The second kappa shape index (κ2) is 5.21. The van der Waals surface area contributed by atoms with E-state index >= 15 is 0 Å². The molecule has 1 aromatic heterocycles. The summed E-state index contributed by atoms with van der Waals surface area (Å²) in [4.78, 5) is 3.96. The first kappa shape index (κ1) is 12.6. The minimum atomic E-state index is -3.55. The fraction of sp³-hybridized carbons (Fsp3) is 0.444. The average molecular weight is 274 g/mol. The first-order chi connectivity index (χ1) is 8.13. The fourth-order valence-electron chi connectivity index (χ4n) is 1.63. The Morgan fingerprint density at radius 3 is 3.00 bits per heavy atom. The van der Waals surface area contributed by atoms with Crippen LogP contribution < -0.4 is 16.0 Å². The molecule has 0 amide bonds. The van der Waals surface area contributed by atoms with E-state index in [9.17, 15) is 8.42 Å². The van der Waals surface area contributed by atoms with Gasteiger partial charge < -0.3 is 5.43 Å². The molecule has 1 aliphatic rings. The lowest BCUT2D eigenvalue weighted by Gasteiger charge is -2.13. The van der Waals surface area contributed by atoms with Gasteiger partial charge in [-0.05, 0) is 24.3 Å². The number of hydrogen-bond acceptors (Lipinski definition) is 6. The summed E-state index contributed by atoms with van der Waals surface area (Å²) in [7, 11) is -3.55. The zero-order valence-electron chi connectivity index (χ0n) is 9.09. The Hall–Kier alpha value is -0.830. The summed E-state index contributed by atoms with van der Waals surface area (Å²) in [6.45, 7) is 0. The third kappa shape index (κ3) is 2.89. The van der Waals surface area contributed by atoms with E-state index in [0.29, 0.717) is 0 Å². The fourth-order valence-corrected chi connectivity index (χ4v) is 4.27. The minimum Gasteiger partial charge on any atom is -0.307 e. The molecule has 1 unspecified atom stereocenters. The number of rotatable bonds is 4. The van der Waals surface area contributed by atoms with Crippen LogP contribution in [0, 0.1) is 0 Å². The standard InChI is InChI=1S/C9H14N4O2S2/c10-12-9-8(2-1-4-11-9)17(14,15)13-7-3-5-16-6-7/h1-2,4,7,13H,3,5-6,10H2,(H,11,12). The van der Waals surface area contributed by atoms with Crippen LogP contribution in [0.2, 0.25) is 0 Å². The molecule has 1 atom stereocenters. The summed E-state index contributed by atoms with van der Waals surface area (Å²) in [5.41, 5.74) is 2.29. The van der Waals surface area contributed by atoms with Gasteiger partial charge in [0.05, 0.1) is 0 Å². The molecule has 4 N–H and O–H groups in total. The van der Waals surface area contributed by atoms with Crippen molar-refractivity contribution in [3.63, 3.8) is 0 Å². The normalized spacial score (nSPS) is 20.4. The Labute approximate surface area is 104 Å². The van der Waals surface area contributed by atoms with Crippen molar-refractivity contribution in [3.8, 4) is 0 Å². The number of sulfonamides is 1. The van der Waals surface area contributed by atoms with Gasteiger partial charge in [-0.15, -0.1) is 0 Å². The molecule has 1 aromatic rings. The van der Waals surface area contributed by atoms with Gasteiger partial charge in [-0.25, -0.2) is 24.0 Å². The largest absolute Gasteiger partial charge is 0.307 e. The number of nitrogens with two attached hydrogens (primary N) is 1. The number of nitrogen functional groups attached to an aromatic ring is 1. The summed E-state index contributed by atoms with van der Waals surface area (Å²) in [5, 5.41) is 0. The van der Waals surface area contributed by atoms with Crippen molar-refractivity contribution in [2.24, 2.45) is 5.84 Å². The van der Waals surface area contributed by atoms with E-state index in [2.05, 4.69) is 15.1 Å². The third-order valence-electron chi connectivity index (χ3n) is 2.45. The monoisotopic (exact) mass is 274 g/mol. The van der Waals surface area contributed by atoms with Crippen molar-refractivity contribution >= 4 is 27.6 Å². The molecule has 1 saturated heterocycles. The zero-order chi connectivity index (χ0) is 12.3. The summed E-state index contributed by atoms with van der Waals surface area (Å²) in [5.74, 6) is 7.20. The molecular formula is C9H14N4O2S2. The first-order valence-electron chi connectivity index (χ1n) is 5.15. The SMILES string of the molecule is NNc1ncccc1S(=O)(=O)NC1CCSC1. The molecule has 1 fully saturated rings. The molecule has 2 heterocycles. The molecular weight excluding hydrogens is 260 g/mol. The van der Waals surface area contributed by atoms with Crippen molar-refractivity contribution in [2.45, 2.75) is 17.4 Å². The Morgan fingerprint density at radius 1 is 1.53 bits per heavy atom. The van der Waals surface area contributed by atoms with Crippen LogP contribution in [0.1, 0.15) is 6.42 Å². The highest BCUT2D eigenvalue weighted by molar-refractivity contribution is 7.99. The van der Waals surface area contributed by atoms with Crippen molar-refractivity contribution in [3.05, 3.63) is 18.3 Å². The van der Waals surface area contributed by atoms with Crippen LogP contribution in [-0.2, 0) is 10.0 Å². The lowest BCUT2D eigenvalue weighted by molar-refractivity contribution is 0.563. The van der Waals surface area contributed by atoms with E-state index in [4.69, 9.17) is 5.84 Å². The quantitative estimate of drug-likeness (QED) is 0.534. The van der Waals surface area contributed by atoms with Crippen LogP contribution in [0.25, 0.3) is 0 Å². The summed E-state index contributed by atoms with van der Waals surface area (Å²) >= 11 is 1.75. The molecule has 0 bridgehead atoms. The van der Waals surface area contributed by atoms with Gasteiger partial charge in [-0.1, -0.05) is 0 Å². The minimum absolute atomic E-state index is 0.00386. The Morgan fingerprint density at radius 2 is 2.35 bits per heavy atom.